The Labute approximate surface area is 92.0 Å². The Morgan fingerprint density at radius 1 is 1.50 bits per heavy atom. The molecule has 0 atom stereocenters. The lowest BCUT2D eigenvalue weighted by atomic mass is 10.2. The summed E-state index contributed by atoms with van der Waals surface area (Å²) in [6.07, 6.45) is 2.50. The van der Waals surface area contributed by atoms with E-state index in [4.69, 9.17) is 9.52 Å². The Kier molecular flexibility index (Phi) is 2.30. The molecule has 0 aromatic carbocycles. The molecule has 0 saturated carbocycles. The summed E-state index contributed by atoms with van der Waals surface area (Å²) in [7, 11) is 1.84. The van der Waals surface area contributed by atoms with Gasteiger partial charge in [-0.25, -0.2) is 4.79 Å². The van der Waals surface area contributed by atoms with Crippen molar-refractivity contribution in [2.45, 2.75) is 13.8 Å². The van der Waals surface area contributed by atoms with Gasteiger partial charge >= 0.3 is 5.97 Å². The van der Waals surface area contributed by atoms with Crippen LogP contribution in [0.25, 0.3) is 17.2 Å². The highest BCUT2D eigenvalue weighted by Crippen LogP contribution is 2.27. The minimum atomic E-state index is -0.995. The second-order valence-corrected chi connectivity index (χ2v) is 3.65. The van der Waals surface area contributed by atoms with Crippen LogP contribution in [-0.4, -0.2) is 20.9 Å². The molecule has 1 N–H and O–H groups in total. The Bertz CT molecular complexity index is 590. The number of furan rings is 1. The number of aliphatic carboxylic acids is 1. The second kappa shape index (κ2) is 3.52. The third-order valence-corrected chi connectivity index (χ3v) is 2.63. The van der Waals surface area contributed by atoms with Gasteiger partial charge in [-0.05, 0) is 19.9 Å². The van der Waals surface area contributed by atoms with Crippen LogP contribution in [0.4, 0.5) is 0 Å². The molecule has 2 aromatic rings. The van der Waals surface area contributed by atoms with Crippen LogP contribution >= 0.6 is 0 Å². The van der Waals surface area contributed by atoms with E-state index < -0.39 is 5.97 Å². The van der Waals surface area contributed by atoms with E-state index in [9.17, 15) is 4.79 Å². The van der Waals surface area contributed by atoms with Crippen molar-refractivity contribution in [3.63, 3.8) is 0 Å². The first-order valence-corrected chi connectivity index (χ1v) is 4.84. The Balaban J connectivity index is 2.58. The zero-order chi connectivity index (χ0) is 11.9. The smallest absolute Gasteiger partial charge is 0.328 e. The molecule has 0 bridgehead atoms. The van der Waals surface area contributed by atoms with Crippen LogP contribution in [0.15, 0.2) is 10.5 Å². The quantitative estimate of drug-likeness (QED) is 0.784. The number of nitrogens with zero attached hydrogens (tertiary/aromatic N) is 2. The maximum Gasteiger partial charge on any atom is 0.328 e. The fourth-order valence-electron chi connectivity index (χ4n) is 1.69. The van der Waals surface area contributed by atoms with Gasteiger partial charge < -0.3 is 9.52 Å². The van der Waals surface area contributed by atoms with Crippen molar-refractivity contribution in [3.8, 4) is 0 Å². The van der Waals surface area contributed by atoms with E-state index in [1.165, 1.54) is 6.08 Å². The molecule has 0 aliphatic heterocycles. The Morgan fingerprint density at radius 3 is 2.75 bits per heavy atom. The maximum absolute atomic E-state index is 10.4. The van der Waals surface area contributed by atoms with Crippen LogP contribution in [0.1, 0.15) is 17.0 Å². The van der Waals surface area contributed by atoms with Crippen LogP contribution in [0.3, 0.4) is 0 Å². The standard InChI is InChI=1S/C11H12N2O3/c1-6-8(4-5-9(14)15)16-11-10(6)7(2)13(3)12-11/h4-5H,1-3H3,(H,14,15). The van der Waals surface area contributed by atoms with E-state index in [1.807, 2.05) is 20.9 Å². The van der Waals surface area contributed by atoms with Crippen molar-refractivity contribution in [1.29, 1.82) is 0 Å². The summed E-state index contributed by atoms with van der Waals surface area (Å²) < 4.78 is 7.21. The first-order valence-electron chi connectivity index (χ1n) is 4.84. The van der Waals surface area contributed by atoms with Crippen molar-refractivity contribution in [2.24, 2.45) is 7.05 Å². The number of carbonyl (C=O) groups is 1. The average molecular weight is 220 g/mol. The zero-order valence-electron chi connectivity index (χ0n) is 9.31. The van der Waals surface area contributed by atoms with Crippen LogP contribution in [-0.2, 0) is 11.8 Å². The van der Waals surface area contributed by atoms with Gasteiger partial charge in [-0.3, -0.25) is 4.68 Å². The molecule has 2 aromatic heterocycles. The summed E-state index contributed by atoms with van der Waals surface area (Å²) >= 11 is 0. The number of hydrogen-bond acceptors (Lipinski definition) is 3. The first kappa shape index (κ1) is 10.5. The fraction of sp³-hybridized carbons (Fsp3) is 0.273. The number of carboxylic acids is 1. The van der Waals surface area contributed by atoms with Crippen molar-refractivity contribution >= 4 is 23.1 Å². The second-order valence-electron chi connectivity index (χ2n) is 3.65. The fourth-order valence-corrected chi connectivity index (χ4v) is 1.69. The SMILES string of the molecule is Cc1c(C=CC(=O)O)oc2nn(C)c(C)c12. The third kappa shape index (κ3) is 1.50. The molecule has 0 fully saturated rings. The third-order valence-electron chi connectivity index (χ3n) is 2.63. The lowest BCUT2D eigenvalue weighted by Gasteiger charge is -1.94. The summed E-state index contributed by atoms with van der Waals surface area (Å²) in [4.78, 5) is 10.4. The van der Waals surface area contributed by atoms with Crippen molar-refractivity contribution < 1.29 is 14.3 Å². The van der Waals surface area contributed by atoms with Crippen LogP contribution in [0, 0.1) is 13.8 Å². The zero-order valence-corrected chi connectivity index (χ0v) is 9.31. The van der Waals surface area contributed by atoms with E-state index in [0.717, 1.165) is 22.7 Å². The molecule has 0 saturated heterocycles. The summed E-state index contributed by atoms with van der Waals surface area (Å²) in [5.41, 5.74) is 2.46. The van der Waals surface area contributed by atoms with Crippen LogP contribution in [0.5, 0.6) is 0 Å². The minimum Gasteiger partial charge on any atom is -0.478 e. The lowest BCUT2D eigenvalue weighted by molar-refractivity contribution is -0.131. The van der Waals surface area contributed by atoms with E-state index in [1.54, 1.807) is 4.68 Å². The van der Waals surface area contributed by atoms with Crippen molar-refractivity contribution in [2.75, 3.05) is 0 Å². The van der Waals surface area contributed by atoms with E-state index in [-0.39, 0.29) is 0 Å². The molecule has 5 nitrogen and oxygen atoms in total. The van der Waals surface area contributed by atoms with Gasteiger partial charge in [0.05, 0.1) is 5.39 Å². The van der Waals surface area contributed by atoms with Gasteiger partial charge in [-0.1, -0.05) is 0 Å². The van der Waals surface area contributed by atoms with Gasteiger partial charge in [0.25, 0.3) is 0 Å². The number of rotatable bonds is 2. The van der Waals surface area contributed by atoms with Crippen LogP contribution < -0.4 is 0 Å². The number of fused-ring (bicyclic) bond motifs is 1. The highest BCUT2D eigenvalue weighted by atomic mass is 16.4. The van der Waals surface area contributed by atoms with Crippen molar-refractivity contribution in [3.05, 3.63) is 23.1 Å². The van der Waals surface area contributed by atoms with Crippen LogP contribution in [0.2, 0.25) is 0 Å². The number of carboxylic acid groups (broad SMARTS) is 1. The summed E-state index contributed by atoms with van der Waals surface area (Å²) in [6.45, 7) is 3.84. The van der Waals surface area contributed by atoms with E-state index in [0.29, 0.717) is 11.5 Å². The average Bonchev–Trinajstić information content (AvgIpc) is 2.64. The summed E-state index contributed by atoms with van der Waals surface area (Å²) in [6, 6.07) is 0. The van der Waals surface area contributed by atoms with Gasteiger partial charge in [0.2, 0.25) is 5.71 Å². The molecule has 0 aliphatic rings. The maximum atomic E-state index is 10.4. The molecule has 0 radical (unpaired) electrons. The molecular weight excluding hydrogens is 208 g/mol. The Hall–Kier alpha value is -2.04. The summed E-state index contributed by atoms with van der Waals surface area (Å²) in [5, 5.41) is 13.7. The van der Waals surface area contributed by atoms with Gasteiger partial charge in [0.1, 0.15) is 5.76 Å². The molecule has 2 heterocycles. The van der Waals surface area contributed by atoms with E-state index >= 15 is 0 Å². The van der Waals surface area contributed by atoms with Gasteiger partial charge in [-0.2, -0.15) is 0 Å². The monoisotopic (exact) mass is 220 g/mol. The highest BCUT2D eigenvalue weighted by molar-refractivity contribution is 5.88. The lowest BCUT2D eigenvalue weighted by Crippen LogP contribution is -1.92. The topological polar surface area (TPSA) is 68.3 Å². The molecule has 16 heavy (non-hydrogen) atoms. The minimum absolute atomic E-state index is 0.544. The Morgan fingerprint density at radius 2 is 2.19 bits per heavy atom. The normalized spacial score (nSPS) is 11.7. The number of aryl methyl sites for hydroxylation is 3. The van der Waals surface area contributed by atoms with Crippen molar-refractivity contribution in [1.82, 2.24) is 9.78 Å². The summed E-state index contributed by atoms with van der Waals surface area (Å²) in [5.74, 6) is -0.450. The van der Waals surface area contributed by atoms with Gasteiger partial charge in [0, 0.05) is 24.4 Å². The molecule has 0 spiro atoms. The van der Waals surface area contributed by atoms with Gasteiger partial charge in [-0.15, -0.1) is 5.10 Å². The molecule has 84 valence electrons. The molecule has 5 heteroatoms. The van der Waals surface area contributed by atoms with Gasteiger partial charge in [0.15, 0.2) is 0 Å². The van der Waals surface area contributed by atoms with E-state index in [2.05, 4.69) is 5.10 Å². The molecular formula is C11H12N2O3. The number of hydrogen-bond donors (Lipinski definition) is 1. The number of aromatic nitrogens is 2. The molecule has 0 aliphatic carbocycles. The predicted octanol–water partition coefficient (Wildman–Crippen LogP) is 1.88. The molecule has 0 unspecified atom stereocenters. The predicted molar refractivity (Wildman–Crippen MR) is 59.1 cm³/mol. The first-order chi connectivity index (χ1) is 7.50. The molecule has 2 rings (SSSR count). The highest BCUT2D eigenvalue weighted by Gasteiger charge is 2.15. The molecule has 0 amide bonds. The largest absolute Gasteiger partial charge is 0.478 e.